The molecular formula is C21H25N3O3S. The molecule has 4 rings (SSSR count). The number of nitrogens with one attached hydrogen (secondary N) is 1. The monoisotopic (exact) mass is 399 g/mol. The lowest BCUT2D eigenvalue weighted by atomic mass is 9.97. The predicted octanol–water partition coefficient (Wildman–Crippen LogP) is 2.53. The highest BCUT2D eigenvalue weighted by Gasteiger charge is 2.30. The van der Waals surface area contributed by atoms with Gasteiger partial charge in [-0.3, -0.25) is 14.2 Å². The fourth-order valence-electron chi connectivity index (χ4n) is 4.00. The van der Waals surface area contributed by atoms with E-state index >= 15 is 0 Å². The zero-order valence-corrected chi connectivity index (χ0v) is 16.9. The van der Waals surface area contributed by atoms with Crippen LogP contribution in [-0.2, 0) is 24.1 Å². The van der Waals surface area contributed by atoms with E-state index in [4.69, 9.17) is 9.72 Å². The number of hydrogen-bond donors (Lipinski definition) is 1. The first-order valence-corrected chi connectivity index (χ1v) is 10.8. The van der Waals surface area contributed by atoms with Crippen LogP contribution in [0, 0.1) is 0 Å². The Kier molecular flexibility index (Phi) is 5.71. The lowest BCUT2D eigenvalue weighted by molar-refractivity contribution is -0.121. The Labute approximate surface area is 168 Å². The number of hydrogen-bond acceptors (Lipinski definition) is 5. The number of para-hydroxylation sites is 1. The summed E-state index contributed by atoms with van der Waals surface area (Å²) in [5.74, 6) is 1.53. The molecule has 2 aliphatic rings. The van der Waals surface area contributed by atoms with Gasteiger partial charge in [0.05, 0.1) is 18.8 Å². The van der Waals surface area contributed by atoms with Crippen LogP contribution in [0.5, 0.6) is 5.75 Å². The highest BCUT2D eigenvalue weighted by atomic mass is 32.2. The van der Waals surface area contributed by atoms with Gasteiger partial charge in [-0.2, -0.15) is 0 Å². The molecule has 1 N–H and O–H groups in total. The Morgan fingerprint density at radius 1 is 1.32 bits per heavy atom. The van der Waals surface area contributed by atoms with Crippen molar-refractivity contribution in [2.75, 3.05) is 19.4 Å². The molecule has 1 aromatic heterocycles. The number of aryl methyl sites for hydroxylation is 1. The second kappa shape index (κ2) is 8.39. The highest BCUT2D eigenvalue weighted by Crippen LogP contribution is 2.33. The van der Waals surface area contributed by atoms with Crippen LogP contribution in [0.1, 0.15) is 42.1 Å². The van der Waals surface area contributed by atoms with Crippen molar-refractivity contribution in [1.82, 2.24) is 14.9 Å². The molecule has 28 heavy (non-hydrogen) atoms. The van der Waals surface area contributed by atoms with Gasteiger partial charge < -0.3 is 10.1 Å². The van der Waals surface area contributed by atoms with E-state index in [0.29, 0.717) is 19.4 Å². The Morgan fingerprint density at radius 3 is 3.00 bits per heavy atom. The Hall–Kier alpha value is -2.28. The second-order valence-corrected chi connectivity index (χ2v) is 8.27. The van der Waals surface area contributed by atoms with Gasteiger partial charge in [0.2, 0.25) is 5.91 Å². The molecule has 0 saturated carbocycles. The van der Waals surface area contributed by atoms with Gasteiger partial charge in [-0.25, -0.2) is 4.98 Å². The third-order valence-corrected chi connectivity index (χ3v) is 6.55. The molecule has 148 valence electrons. The van der Waals surface area contributed by atoms with Crippen LogP contribution in [-0.4, -0.2) is 34.9 Å². The molecule has 2 heterocycles. The molecule has 7 heteroatoms. The summed E-state index contributed by atoms with van der Waals surface area (Å²) in [5, 5.41) is 3.76. The first-order valence-electron chi connectivity index (χ1n) is 9.83. The Balaban J connectivity index is 1.38. The molecule has 1 amide bonds. The maximum atomic E-state index is 12.9. The fourth-order valence-corrected chi connectivity index (χ4v) is 5.15. The van der Waals surface area contributed by atoms with Crippen LogP contribution in [0.3, 0.4) is 0 Å². The van der Waals surface area contributed by atoms with Gasteiger partial charge >= 0.3 is 0 Å². The van der Waals surface area contributed by atoms with E-state index in [9.17, 15) is 9.59 Å². The van der Waals surface area contributed by atoms with Crippen LogP contribution in [0.2, 0.25) is 0 Å². The van der Waals surface area contributed by atoms with Crippen molar-refractivity contribution < 1.29 is 9.53 Å². The SMILES string of the molecule is COc1ccccc1CCNC(=O)CC1CSc2nc3c(c(=O)n21)CCCC3. The normalized spacial score (nSPS) is 17.7. The first kappa shape index (κ1) is 19.1. The van der Waals surface area contributed by atoms with Crippen molar-refractivity contribution in [3.8, 4) is 5.75 Å². The molecule has 0 saturated heterocycles. The summed E-state index contributed by atoms with van der Waals surface area (Å²) in [7, 11) is 1.65. The number of nitrogens with zero attached hydrogens (tertiary/aromatic N) is 2. The van der Waals surface area contributed by atoms with Crippen molar-refractivity contribution >= 4 is 17.7 Å². The summed E-state index contributed by atoms with van der Waals surface area (Å²) in [6.07, 6.45) is 4.88. The third-order valence-electron chi connectivity index (χ3n) is 5.45. The van der Waals surface area contributed by atoms with Gasteiger partial charge in [0.1, 0.15) is 5.75 Å². The first-order chi connectivity index (χ1) is 13.7. The van der Waals surface area contributed by atoms with Gasteiger partial charge in [0.15, 0.2) is 5.16 Å². The van der Waals surface area contributed by atoms with Crippen molar-refractivity contribution in [2.24, 2.45) is 0 Å². The average molecular weight is 400 g/mol. The van der Waals surface area contributed by atoms with Crippen LogP contribution in [0.25, 0.3) is 0 Å². The van der Waals surface area contributed by atoms with Crippen molar-refractivity contribution in [3.63, 3.8) is 0 Å². The lowest BCUT2D eigenvalue weighted by Gasteiger charge is -2.18. The maximum absolute atomic E-state index is 12.9. The minimum Gasteiger partial charge on any atom is -0.496 e. The topological polar surface area (TPSA) is 73.2 Å². The summed E-state index contributed by atoms with van der Waals surface area (Å²) < 4.78 is 7.11. The number of methoxy groups -OCH3 is 1. The number of rotatable bonds is 6. The number of carbonyl (C=O) groups is 1. The number of benzene rings is 1. The van der Waals surface area contributed by atoms with E-state index in [1.54, 1.807) is 23.4 Å². The standard InChI is InChI=1S/C21H25N3O3S/c1-27-18-9-5-2-6-14(18)10-11-22-19(25)12-15-13-28-21-23-17-8-4-3-7-16(17)20(26)24(15)21/h2,5-6,9,15H,3-4,7-8,10-13H2,1H3,(H,22,25). The summed E-state index contributed by atoms with van der Waals surface area (Å²) in [6.45, 7) is 0.545. The molecule has 1 aliphatic carbocycles. The van der Waals surface area contributed by atoms with E-state index in [-0.39, 0.29) is 17.5 Å². The number of aromatic nitrogens is 2. The van der Waals surface area contributed by atoms with Crippen molar-refractivity contribution in [2.45, 2.75) is 49.7 Å². The molecule has 1 aliphatic heterocycles. The van der Waals surface area contributed by atoms with Gasteiger partial charge in [0, 0.05) is 24.3 Å². The molecule has 1 unspecified atom stereocenters. The highest BCUT2D eigenvalue weighted by molar-refractivity contribution is 7.99. The molecule has 1 aromatic carbocycles. The molecule has 0 radical (unpaired) electrons. The Morgan fingerprint density at radius 2 is 2.14 bits per heavy atom. The van der Waals surface area contributed by atoms with Gasteiger partial charge in [-0.1, -0.05) is 30.0 Å². The smallest absolute Gasteiger partial charge is 0.257 e. The third kappa shape index (κ3) is 3.81. The van der Waals surface area contributed by atoms with Crippen LogP contribution >= 0.6 is 11.8 Å². The number of carbonyl (C=O) groups excluding carboxylic acids is 1. The predicted molar refractivity (Wildman–Crippen MR) is 109 cm³/mol. The van der Waals surface area contributed by atoms with Gasteiger partial charge in [-0.05, 0) is 43.7 Å². The molecular weight excluding hydrogens is 374 g/mol. The maximum Gasteiger partial charge on any atom is 0.257 e. The van der Waals surface area contributed by atoms with Crippen molar-refractivity contribution in [1.29, 1.82) is 0 Å². The molecule has 0 fully saturated rings. The quantitative estimate of drug-likeness (QED) is 0.756. The fraction of sp³-hybridized carbons (Fsp3) is 0.476. The van der Waals surface area contributed by atoms with Crippen molar-refractivity contribution in [3.05, 3.63) is 51.4 Å². The molecule has 6 nitrogen and oxygen atoms in total. The summed E-state index contributed by atoms with van der Waals surface area (Å²) >= 11 is 1.59. The van der Waals surface area contributed by atoms with Crippen LogP contribution in [0.15, 0.2) is 34.2 Å². The van der Waals surface area contributed by atoms with Gasteiger partial charge in [-0.15, -0.1) is 0 Å². The minimum absolute atomic E-state index is 0.0297. The number of amides is 1. The zero-order valence-electron chi connectivity index (χ0n) is 16.1. The average Bonchev–Trinajstić information content (AvgIpc) is 3.11. The van der Waals surface area contributed by atoms with E-state index in [2.05, 4.69) is 5.32 Å². The number of fused-ring (bicyclic) bond motifs is 2. The minimum atomic E-state index is -0.113. The zero-order chi connectivity index (χ0) is 19.5. The van der Waals surface area contributed by atoms with Crippen LogP contribution in [0.4, 0.5) is 0 Å². The second-order valence-electron chi connectivity index (χ2n) is 7.28. The van der Waals surface area contributed by atoms with Crippen LogP contribution < -0.4 is 15.6 Å². The summed E-state index contributed by atoms with van der Waals surface area (Å²) in [6, 6.07) is 7.71. The van der Waals surface area contributed by atoms with E-state index < -0.39 is 0 Å². The number of ether oxygens (including phenoxy) is 1. The molecule has 1 atom stereocenters. The molecule has 0 bridgehead atoms. The Bertz CT molecular complexity index is 941. The van der Waals surface area contributed by atoms with Gasteiger partial charge in [0.25, 0.3) is 5.56 Å². The lowest BCUT2D eigenvalue weighted by Crippen LogP contribution is -2.34. The molecule has 0 spiro atoms. The van der Waals surface area contributed by atoms with E-state index in [1.807, 2.05) is 24.3 Å². The number of thioether (sulfide) groups is 1. The van der Waals surface area contributed by atoms with E-state index in [0.717, 1.165) is 59.2 Å². The molecule has 2 aromatic rings. The summed E-state index contributed by atoms with van der Waals surface area (Å²) in [4.78, 5) is 30.1. The summed E-state index contributed by atoms with van der Waals surface area (Å²) in [5.41, 5.74) is 2.96. The van der Waals surface area contributed by atoms with E-state index in [1.165, 1.54) is 0 Å². The largest absolute Gasteiger partial charge is 0.496 e.